The van der Waals surface area contributed by atoms with Gasteiger partial charge in [-0.15, -0.1) is 0 Å². The minimum absolute atomic E-state index is 0.241. The van der Waals surface area contributed by atoms with E-state index >= 15 is 0 Å². The summed E-state index contributed by atoms with van der Waals surface area (Å²) in [4.78, 5) is 0. The minimum Gasteiger partial charge on any atom is -0.371 e. The van der Waals surface area contributed by atoms with Gasteiger partial charge in [-0.3, -0.25) is 0 Å². The van der Waals surface area contributed by atoms with E-state index in [0.717, 1.165) is 12.0 Å². The van der Waals surface area contributed by atoms with Crippen LogP contribution in [0.2, 0.25) is 0 Å². The van der Waals surface area contributed by atoms with Crippen molar-refractivity contribution in [2.24, 2.45) is 11.1 Å². The number of hydrogen-bond acceptors (Lipinski definition) is 3. The van der Waals surface area contributed by atoms with Crippen LogP contribution < -0.4 is 9.32 Å². The maximum atomic E-state index is 10.6. The van der Waals surface area contributed by atoms with Crippen LogP contribution >= 0.6 is 0 Å². The van der Waals surface area contributed by atoms with Gasteiger partial charge in [0.25, 0.3) is 0 Å². The third kappa shape index (κ3) is 4.80. The molecule has 0 aliphatic heterocycles. The van der Waals surface area contributed by atoms with E-state index in [-0.39, 0.29) is 5.75 Å². The van der Waals surface area contributed by atoms with E-state index in [2.05, 4.69) is 18.0 Å². The van der Waals surface area contributed by atoms with Crippen molar-refractivity contribution in [3.05, 3.63) is 29.8 Å². The van der Waals surface area contributed by atoms with Crippen LogP contribution in [0, 0.1) is 5.92 Å². The molecular formula is C10H15NO3S. The van der Waals surface area contributed by atoms with Crippen LogP contribution in [0.15, 0.2) is 24.3 Å². The summed E-state index contributed by atoms with van der Waals surface area (Å²) in [7, 11) is -3.91. The average molecular weight is 229 g/mol. The predicted molar refractivity (Wildman–Crippen MR) is 58.7 cm³/mol. The first-order chi connectivity index (χ1) is 6.87. The summed E-state index contributed by atoms with van der Waals surface area (Å²) in [6, 6.07) is 6.87. The van der Waals surface area contributed by atoms with Crippen LogP contribution in [0.4, 0.5) is 0 Å². The first-order valence-electron chi connectivity index (χ1n) is 4.68. The zero-order chi connectivity index (χ0) is 11.5. The molecule has 0 amide bonds. The Morgan fingerprint density at radius 2 is 1.80 bits per heavy atom. The predicted octanol–water partition coefficient (Wildman–Crippen LogP) is 1.47. The van der Waals surface area contributed by atoms with Crippen LogP contribution in [-0.4, -0.2) is 8.42 Å². The summed E-state index contributed by atoms with van der Waals surface area (Å²) >= 11 is 0. The Kier molecular flexibility index (Phi) is 3.71. The van der Waals surface area contributed by atoms with Crippen LogP contribution in [0.5, 0.6) is 5.75 Å². The van der Waals surface area contributed by atoms with Crippen LogP contribution in [0.1, 0.15) is 19.4 Å². The molecule has 4 nitrogen and oxygen atoms in total. The SMILES string of the molecule is CC(C)Cc1ccc(OS(N)(=O)=O)cc1. The van der Waals surface area contributed by atoms with Gasteiger partial charge in [-0.25, -0.2) is 0 Å². The number of rotatable bonds is 4. The van der Waals surface area contributed by atoms with Gasteiger partial charge in [0.1, 0.15) is 5.75 Å². The van der Waals surface area contributed by atoms with Gasteiger partial charge >= 0.3 is 10.3 Å². The highest BCUT2D eigenvalue weighted by Gasteiger charge is 2.04. The van der Waals surface area contributed by atoms with E-state index in [0.29, 0.717) is 5.92 Å². The van der Waals surface area contributed by atoms with Crippen molar-refractivity contribution in [3.63, 3.8) is 0 Å². The van der Waals surface area contributed by atoms with E-state index in [4.69, 9.17) is 5.14 Å². The molecule has 0 bridgehead atoms. The van der Waals surface area contributed by atoms with E-state index in [1.165, 1.54) is 0 Å². The normalized spacial score (nSPS) is 11.7. The van der Waals surface area contributed by atoms with Crippen molar-refractivity contribution in [1.29, 1.82) is 0 Å². The molecular weight excluding hydrogens is 214 g/mol. The number of nitrogens with two attached hydrogens (primary N) is 1. The number of benzene rings is 1. The maximum Gasteiger partial charge on any atom is 0.380 e. The van der Waals surface area contributed by atoms with Gasteiger partial charge in [-0.1, -0.05) is 26.0 Å². The van der Waals surface area contributed by atoms with Gasteiger partial charge in [0.05, 0.1) is 0 Å². The van der Waals surface area contributed by atoms with Crippen molar-refractivity contribution in [3.8, 4) is 5.75 Å². The van der Waals surface area contributed by atoms with E-state index in [1.54, 1.807) is 12.1 Å². The van der Waals surface area contributed by atoms with Crippen molar-refractivity contribution in [2.75, 3.05) is 0 Å². The molecule has 0 atom stereocenters. The molecule has 0 unspecified atom stereocenters. The minimum atomic E-state index is -3.91. The molecule has 0 saturated carbocycles. The zero-order valence-corrected chi connectivity index (χ0v) is 9.62. The molecule has 0 spiro atoms. The van der Waals surface area contributed by atoms with Crippen molar-refractivity contribution < 1.29 is 12.6 Å². The Balaban J connectivity index is 2.73. The molecule has 1 rings (SSSR count). The fraction of sp³-hybridized carbons (Fsp3) is 0.400. The lowest BCUT2D eigenvalue weighted by molar-refractivity contribution is 0.487. The Bertz CT molecular complexity index is 409. The highest BCUT2D eigenvalue weighted by Crippen LogP contribution is 2.15. The molecule has 0 fully saturated rings. The summed E-state index contributed by atoms with van der Waals surface area (Å²) in [6.45, 7) is 4.24. The van der Waals surface area contributed by atoms with Crippen LogP contribution in [-0.2, 0) is 16.7 Å². The molecule has 0 radical (unpaired) electrons. The zero-order valence-electron chi connectivity index (χ0n) is 8.80. The lowest BCUT2D eigenvalue weighted by Gasteiger charge is -2.06. The summed E-state index contributed by atoms with van der Waals surface area (Å²) in [5.41, 5.74) is 1.15. The molecule has 1 aromatic rings. The van der Waals surface area contributed by atoms with Gasteiger partial charge in [0, 0.05) is 0 Å². The topological polar surface area (TPSA) is 69.4 Å². The van der Waals surface area contributed by atoms with Crippen molar-refractivity contribution >= 4 is 10.3 Å². The summed E-state index contributed by atoms with van der Waals surface area (Å²) < 4.78 is 25.7. The van der Waals surface area contributed by atoms with Gasteiger partial charge in [-0.05, 0) is 30.0 Å². The summed E-state index contributed by atoms with van der Waals surface area (Å²) in [5, 5.41) is 4.74. The molecule has 84 valence electrons. The molecule has 15 heavy (non-hydrogen) atoms. The van der Waals surface area contributed by atoms with E-state index in [9.17, 15) is 8.42 Å². The number of hydrogen-bond donors (Lipinski definition) is 1. The molecule has 0 heterocycles. The third-order valence-electron chi connectivity index (χ3n) is 1.78. The Labute approximate surface area is 90.3 Å². The van der Waals surface area contributed by atoms with Gasteiger partial charge in [-0.2, -0.15) is 13.6 Å². The van der Waals surface area contributed by atoms with Crippen molar-refractivity contribution in [2.45, 2.75) is 20.3 Å². The average Bonchev–Trinajstić information content (AvgIpc) is 2.05. The first-order valence-corrected chi connectivity index (χ1v) is 6.15. The molecule has 1 aromatic carbocycles. The second kappa shape index (κ2) is 4.63. The second-order valence-electron chi connectivity index (χ2n) is 3.82. The fourth-order valence-electron chi connectivity index (χ4n) is 1.29. The largest absolute Gasteiger partial charge is 0.380 e. The highest BCUT2D eigenvalue weighted by molar-refractivity contribution is 7.84. The monoisotopic (exact) mass is 229 g/mol. The Morgan fingerprint density at radius 1 is 1.27 bits per heavy atom. The molecule has 5 heteroatoms. The lowest BCUT2D eigenvalue weighted by Crippen LogP contribution is -2.18. The van der Waals surface area contributed by atoms with E-state index < -0.39 is 10.3 Å². The van der Waals surface area contributed by atoms with Crippen LogP contribution in [0.3, 0.4) is 0 Å². The second-order valence-corrected chi connectivity index (χ2v) is 4.97. The molecule has 2 N–H and O–H groups in total. The Morgan fingerprint density at radius 3 is 2.20 bits per heavy atom. The summed E-state index contributed by atoms with van der Waals surface area (Å²) in [5.74, 6) is 0.806. The van der Waals surface area contributed by atoms with Gasteiger partial charge in [0.15, 0.2) is 0 Å². The standard InChI is InChI=1S/C10H15NO3S/c1-8(2)7-9-3-5-10(6-4-9)14-15(11,12)13/h3-6,8H,7H2,1-2H3,(H2,11,12,13). The third-order valence-corrected chi connectivity index (χ3v) is 2.20. The summed E-state index contributed by atoms with van der Waals surface area (Å²) in [6.07, 6.45) is 0.954. The van der Waals surface area contributed by atoms with Crippen molar-refractivity contribution in [1.82, 2.24) is 0 Å². The maximum absolute atomic E-state index is 10.6. The van der Waals surface area contributed by atoms with E-state index in [1.807, 2.05) is 12.1 Å². The highest BCUT2D eigenvalue weighted by atomic mass is 32.2. The fourth-order valence-corrected chi connectivity index (χ4v) is 1.67. The quantitative estimate of drug-likeness (QED) is 0.850. The Hall–Kier alpha value is -1.07. The lowest BCUT2D eigenvalue weighted by atomic mass is 10.0. The van der Waals surface area contributed by atoms with Crippen LogP contribution in [0.25, 0.3) is 0 Å². The molecule has 0 saturated heterocycles. The van der Waals surface area contributed by atoms with Gasteiger partial charge < -0.3 is 4.18 Å². The molecule has 0 aliphatic rings. The smallest absolute Gasteiger partial charge is 0.371 e. The van der Waals surface area contributed by atoms with Gasteiger partial charge in [0.2, 0.25) is 0 Å². The molecule has 0 aliphatic carbocycles. The molecule has 0 aromatic heterocycles. The first kappa shape index (κ1) is 12.0.